The van der Waals surface area contributed by atoms with E-state index in [1.165, 1.54) is 17.6 Å². The number of nitrogens with one attached hydrogen (secondary N) is 1. The van der Waals surface area contributed by atoms with Gasteiger partial charge in [-0.25, -0.2) is 18.2 Å². The summed E-state index contributed by atoms with van der Waals surface area (Å²) in [5.41, 5.74) is 0.739. The molecule has 0 aliphatic carbocycles. The summed E-state index contributed by atoms with van der Waals surface area (Å²) in [4.78, 5) is 13.7. The second-order valence-corrected chi connectivity index (χ2v) is 7.44. The van der Waals surface area contributed by atoms with Crippen molar-refractivity contribution in [1.29, 1.82) is 0 Å². The number of amides is 1. The molecular formula is C21H21F3N4O2. The van der Waals surface area contributed by atoms with Gasteiger partial charge in [0.25, 0.3) is 11.9 Å². The Morgan fingerprint density at radius 3 is 2.93 bits per heavy atom. The van der Waals surface area contributed by atoms with Crippen LogP contribution >= 0.6 is 0 Å². The maximum atomic E-state index is 15.5. The van der Waals surface area contributed by atoms with Crippen LogP contribution in [0, 0.1) is 11.6 Å². The number of rotatable bonds is 5. The number of likely N-dealkylation sites (tertiary alicyclic amines) is 1. The average Bonchev–Trinajstić information content (AvgIpc) is 3.37. The zero-order valence-electron chi connectivity index (χ0n) is 16.2. The van der Waals surface area contributed by atoms with Crippen molar-refractivity contribution in [2.24, 2.45) is 0 Å². The third kappa shape index (κ3) is 3.54. The number of aromatic nitrogens is 2. The van der Waals surface area contributed by atoms with E-state index in [1.807, 2.05) is 0 Å². The maximum absolute atomic E-state index is 15.5. The lowest BCUT2D eigenvalue weighted by molar-refractivity contribution is -0.229. The van der Waals surface area contributed by atoms with E-state index in [4.69, 9.17) is 0 Å². The van der Waals surface area contributed by atoms with Gasteiger partial charge in [0.15, 0.2) is 0 Å². The summed E-state index contributed by atoms with van der Waals surface area (Å²) in [6.45, 7) is 1.45. The summed E-state index contributed by atoms with van der Waals surface area (Å²) in [5, 5.41) is 17.2. The molecule has 6 nitrogen and oxygen atoms in total. The predicted octanol–water partition coefficient (Wildman–Crippen LogP) is 3.18. The van der Waals surface area contributed by atoms with Crippen molar-refractivity contribution in [2.45, 2.75) is 37.8 Å². The van der Waals surface area contributed by atoms with Crippen molar-refractivity contribution < 1.29 is 23.1 Å². The second kappa shape index (κ2) is 7.73. The molecule has 0 saturated carbocycles. The Bertz CT molecular complexity index is 1090. The normalized spacial score (nSPS) is 20.2. The molecule has 1 fully saturated rings. The Balaban J connectivity index is 1.56. The number of carbonyl (C=O) groups is 1. The van der Waals surface area contributed by atoms with Crippen LogP contribution in [0.3, 0.4) is 0 Å². The third-order valence-corrected chi connectivity index (χ3v) is 5.54. The molecule has 30 heavy (non-hydrogen) atoms. The van der Waals surface area contributed by atoms with E-state index in [-0.39, 0.29) is 17.7 Å². The first-order chi connectivity index (χ1) is 14.3. The Morgan fingerprint density at radius 2 is 2.13 bits per heavy atom. The molecule has 1 aliphatic heterocycles. The van der Waals surface area contributed by atoms with E-state index in [0.717, 1.165) is 23.1 Å². The molecule has 3 heterocycles. The smallest absolute Gasteiger partial charge is 0.286 e. The SMILES string of the molecule is C[C@H](NC(=O)c1cnn2ccccc12)C(O)(F)N1CCC[C@@H]1c1cc(F)ccc1F. The molecule has 4 rings (SSSR count). The number of pyridine rings is 1. The molecule has 1 aliphatic rings. The van der Waals surface area contributed by atoms with Crippen LogP contribution in [0.4, 0.5) is 13.2 Å². The van der Waals surface area contributed by atoms with Crippen LogP contribution in [0.15, 0.2) is 48.8 Å². The van der Waals surface area contributed by atoms with Gasteiger partial charge in [-0.15, -0.1) is 0 Å². The highest BCUT2D eigenvalue weighted by Gasteiger charge is 2.47. The topological polar surface area (TPSA) is 69.9 Å². The fourth-order valence-corrected chi connectivity index (χ4v) is 3.96. The molecule has 9 heteroatoms. The zero-order valence-corrected chi connectivity index (χ0v) is 16.2. The van der Waals surface area contributed by atoms with Gasteiger partial charge in [0.05, 0.1) is 17.3 Å². The molecule has 3 aromatic rings. The number of hydrogen-bond donors (Lipinski definition) is 2. The molecule has 2 aromatic heterocycles. The number of fused-ring (bicyclic) bond motifs is 1. The van der Waals surface area contributed by atoms with E-state index < -0.39 is 35.6 Å². The molecule has 1 unspecified atom stereocenters. The van der Waals surface area contributed by atoms with Gasteiger partial charge in [-0.3, -0.25) is 4.79 Å². The summed E-state index contributed by atoms with van der Waals surface area (Å²) < 4.78 is 44.9. The van der Waals surface area contributed by atoms with Gasteiger partial charge in [-0.1, -0.05) is 6.07 Å². The van der Waals surface area contributed by atoms with E-state index in [1.54, 1.807) is 24.4 Å². The second-order valence-electron chi connectivity index (χ2n) is 7.44. The lowest BCUT2D eigenvalue weighted by Crippen LogP contribution is -2.58. The standard InChI is InChI=1S/C21H21F3N4O2/c1-13(26-20(29)16-12-25-28-10-3-2-5-19(16)28)21(24,30)27-9-4-6-18(27)15-11-14(22)7-8-17(15)23/h2-3,5,7-8,10-13,18,30H,4,6,9H2,1H3,(H,26,29)/t13-,18+,21?/m0/s1. The van der Waals surface area contributed by atoms with Gasteiger partial charge in [0, 0.05) is 24.3 Å². The van der Waals surface area contributed by atoms with Crippen molar-refractivity contribution in [1.82, 2.24) is 19.8 Å². The maximum Gasteiger partial charge on any atom is 0.286 e. The van der Waals surface area contributed by atoms with Crippen LogP contribution in [-0.4, -0.2) is 44.1 Å². The molecule has 0 bridgehead atoms. The summed E-state index contributed by atoms with van der Waals surface area (Å²) in [7, 11) is 0. The van der Waals surface area contributed by atoms with E-state index in [0.29, 0.717) is 18.4 Å². The minimum Gasteiger partial charge on any atom is -0.348 e. The molecule has 3 atom stereocenters. The Morgan fingerprint density at radius 1 is 1.33 bits per heavy atom. The Labute approximate surface area is 170 Å². The zero-order chi connectivity index (χ0) is 21.5. The quantitative estimate of drug-likeness (QED) is 0.625. The van der Waals surface area contributed by atoms with Crippen molar-refractivity contribution in [2.75, 3.05) is 6.54 Å². The minimum absolute atomic E-state index is 0.0234. The first-order valence-electron chi connectivity index (χ1n) is 9.65. The summed E-state index contributed by atoms with van der Waals surface area (Å²) >= 11 is 0. The highest BCUT2D eigenvalue weighted by molar-refractivity contribution is 6.00. The number of aliphatic hydroxyl groups is 1. The first-order valence-corrected chi connectivity index (χ1v) is 9.65. The van der Waals surface area contributed by atoms with E-state index >= 15 is 4.39 Å². The number of hydrogen-bond acceptors (Lipinski definition) is 4. The molecule has 158 valence electrons. The summed E-state index contributed by atoms with van der Waals surface area (Å²) in [5.74, 6) is -4.90. The lowest BCUT2D eigenvalue weighted by atomic mass is 10.0. The van der Waals surface area contributed by atoms with Gasteiger partial charge in [-0.2, -0.15) is 9.49 Å². The van der Waals surface area contributed by atoms with Gasteiger partial charge in [0.1, 0.15) is 17.7 Å². The number of alkyl halides is 1. The number of carbonyl (C=O) groups excluding carboxylic acids is 1. The van der Waals surface area contributed by atoms with Crippen LogP contribution in [0.5, 0.6) is 0 Å². The highest BCUT2D eigenvalue weighted by atomic mass is 19.2. The molecule has 0 spiro atoms. The van der Waals surface area contributed by atoms with Crippen LogP contribution in [0.25, 0.3) is 5.52 Å². The minimum atomic E-state index is -2.97. The van der Waals surface area contributed by atoms with E-state index in [2.05, 4.69) is 10.4 Å². The van der Waals surface area contributed by atoms with Crippen molar-refractivity contribution in [3.63, 3.8) is 0 Å². The highest BCUT2D eigenvalue weighted by Crippen LogP contribution is 2.39. The van der Waals surface area contributed by atoms with Gasteiger partial charge >= 0.3 is 0 Å². The molecule has 1 saturated heterocycles. The number of halogens is 3. The average molecular weight is 418 g/mol. The van der Waals surface area contributed by atoms with Crippen molar-refractivity contribution >= 4 is 11.4 Å². The number of benzene rings is 1. The van der Waals surface area contributed by atoms with Gasteiger partial charge in [-0.05, 0) is 50.1 Å². The van der Waals surface area contributed by atoms with E-state index in [9.17, 15) is 18.7 Å². The van der Waals surface area contributed by atoms with Crippen LogP contribution in [0.2, 0.25) is 0 Å². The summed E-state index contributed by atoms with van der Waals surface area (Å²) in [6, 6.07) is 5.96. The van der Waals surface area contributed by atoms with Crippen LogP contribution < -0.4 is 5.32 Å². The molecule has 1 aromatic carbocycles. The largest absolute Gasteiger partial charge is 0.348 e. The Kier molecular flexibility index (Phi) is 5.25. The predicted molar refractivity (Wildman–Crippen MR) is 103 cm³/mol. The van der Waals surface area contributed by atoms with Crippen LogP contribution in [-0.2, 0) is 0 Å². The summed E-state index contributed by atoms with van der Waals surface area (Å²) in [6.07, 6.45) is 3.86. The Hall–Kier alpha value is -2.91. The fourth-order valence-electron chi connectivity index (χ4n) is 3.96. The number of nitrogens with zero attached hydrogens (tertiary/aromatic N) is 3. The van der Waals surface area contributed by atoms with Crippen molar-refractivity contribution in [3.8, 4) is 0 Å². The van der Waals surface area contributed by atoms with Crippen LogP contribution in [0.1, 0.15) is 41.7 Å². The van der Waals surface area contributed by atoms with Crippen molar-refractivity contribution in [3.05, 3.63) is 71.6 Å². The van der Waals surface area contributed by atoms with Gasteiger partial charge in [0.2, 0.25) is 0 Å². The fraction of sp³-hybridized carbons (Fsp3) is 0.333. The molecule has 1 amide bonds. The molecule has 2 N–H and O–H groups in total. The first kappa shape index (κ1) is 20.4. The molecular weight excluding hydrogens is 397 g/mol. The lowest BCUT2D eigenvalue weighted by Gasteiger charge is -2.38. The monoisotopic (exact) mass is 418 g/mol. The van der Waals surface area contributed by atoms with Gasteiger partial charge < -0.3 is 10.4 Å². The third-order valence-electron chi connectivity index (χ3n) is 5.54. The molecule has 0 radical (unpaired) electrons.